The number of nitrogens with zero attached hydrogens (tertiary/aromatic N) is 3. The molecule has 1 saturated heterocycles. The highest BCUT2D eigenvalue weighted by Crippen LogP contribution is 2.35. The van der Waals surface area contributed by atoms with Crippen LogP contribution in [-0.2, 0) is 4.79 Å². The summed E-state index contributed by atoms with van der Waals surface area (Å²) in [6, 6.07) is 6.94. The number of benzene rings is 1. The summed E-state index contributed by atoms with van der Waals surface area (Å²) in [6.45, 7) is 5.00. The molecule has 1 aromatic carbocycles. The number of fused-ring (bicyclic) bond motifs is 3. The minimum Gasteiger partial charge on any atom is -0.355 e. The molecule has 3 aliphatic heterocycles. The molecule has 3 N–H and O–H groups in total. The monoisotopic (exact) mass is 418 g/mol. The van der Waals surface area contributed by atoms with Crippen molar-refractivity contribution in [1.82, 2.24) is 26.1 Å². The highest BCUT2D eigenvalue weighted by atomic mass is 32.2. The number of hydrogen-bond donors (Lipinski definition) is 3. The van der Waals surface area contributed by atoms with Crippen LogP contribution in [0.1, 0.15) is 38.3 Å². The zero-order valence-corrected chi connectivity index (χ0v) is 17.5. The van der Waals surface area contributed by atoms with E-state index in [9.17, 15) is 9.18 Å². The van der Waals surface area contributed by atoms with E-state index in [4.69, 9.17) is 0 Å². The van der Waals surface area contributed by atoms with Gasteiger partial charge in [-0.3, -0.25) is 10.2 Å². The molecule has 1 amide bonds. The highest BCUT2D eigenvalue weighted by Gasteiger charge is 2.44. The van der Waals surface area contributed by atoms with E-state index in [1.54, 1.807) is 0 Å². The number of hydrazone groups is 1. The minimum absolute atomic E-state index is 0.00412. The lowest BCUT2D eigenvalue weighted by Crippen LogP contribution is -2.54. The summed E-state index contributed by atoms with van der Waals surface area (Å²) in [5, 5.41) is 10.3. The number of carbonyl (C=O) groups is 1. The Morgan fingerprint density at radius 3 is 2.90 bits per heavy atom. The second-order valence-corrected chi connectivity index (χ2v) is 8.88. The van der Waals surface area contributed by atoms with Crippen molar-refractivity contribution in [2.45, 2.75) is 44.9 Å². The second kappa shape index (κ2) is 8.62. The van der Waals surface area contributed by atoms with E-state index < -0.39 is 0 Å². The Balaban J connectivity index is 1.31. The molecule has 1 aromatic rings. The molecule has 0 saturated carbocycles. The molecule has 3 aliphatic rings. The van der Waals surface area contributed by atoms with Gasteiger partial charge in [0.05, 0.1) is 17.8 Å². The molecule has 0 aliphatic carbocycles. The maximum atomic E-state index is 13.2. The lowest BCUT2D eigenvalue weighted by atomic mass is 10.00. The van der Waals surface area contributed by atoms with E-state index >= 15 is 0 Å². The number of hydrogen-bond acceptors (Lipinski definition) is 7. The number of carbonyl (C=O) groups excluding carboxylic acids is 1. The highest BCUT2D eigenvalue weighted by molar-refractivity contribution is 8.14. The molecule has 9 heteroatoms. The number of amides is 1. The molecule has 0 aromatic heterocycles. The van der Waals surface area contributed by atoms with Crippen LogP contribution in [-0.4, -0.2) is 45.5 Å². The van der Waals surface area contributed by atoms with Gasteiger partial charge in [0.15, 0.2) is 5.17 Å². The molecule has 3 heterocycles. The van der Waals surface area contributed by atoms with Crippen LogP contribution in [0.5, 0.6) is 0 Å². The number of nitrogens with one attached hydrogen (secondary N) is 3. The van der Waals surface area contributed by atoms with Crippen molar-refractivity contribution in [1.29, 1.82) is 0 Å². The van der Waals surface area contributed by atoms with E-state index in [1.165, 1.54) is 23.9 Å². The van der Waals surface area contributed by atoms with Gasteiger partial charge >= 0.3 is 0 Å². The zero-order valence-electron chi connectivity index (χ0n) is 16.6. The first-order chi connectivity index (χ1) is 14.0. The molecule has 0 bridgehead atoms. The van der Waals surface area contributed by atoms with E-state index in [2.05, 4.69) is 45.0 Å². The van der Waals surface area contributed by atoms with Crippen molar-refractivity contribution in [2.75, 3.05) is 12.3 Å². The Kier molecular flexibility index (Phi) is 5.96. The molecule has 3 atom stereocenters. The van der Waals surface area contributed by atoms with Gasteiger partial charge in [-0.15, -0.1) is 0 Å². The largest absolute Gasteiger partial charge is 0.355 e. The lowest BCUT2D eigenvalue weighted by Gasteiger charge is -2.36. The normalized spacial score (nSPS) is 25.0. The van der Waals surface area contributed by atoms with Gasteiger partial charge in [0.1, 0.15) is 12.0 Å². The number of hydrazine groups is 1. The molecule has 4 rings (SSSR count). The zero-order chi connectivity index (χ0) is 20.4. The number of rotatable bonds is 6. The summed E-state index contributed by atoms with van der Waals surface area (Å²) in [7, 11) is 0. The average molecular weight is 419 g/mol. The fraction of sp³-hybridized carbons (Fsp3) is 0.500. The van der Waals surface area contributed by atoms with E-state index in [0.717, 1.165) is 23.6 Å². The number of amidine groups is 1. The maximum Gasteiger partial charge on any atom is 0.230 e. The molecular weight excluding hydrogens is 391 g/mol. The molecular formula is C20H27FN6OS. The Bertz CT molecular complexity index is 799. The number of thioether (sulfide) groups is 1. The van der Waals surface area contributed by atoms with Crippen molar-refractivity contribution in [2.24, 2.45) is 11.0 Å². The van der Waals surface area contributed by atoms with Crippen molar-refractivity contribution in [3.63, 3.8) is 0 Å². The summed E-state index contributed by atoms with van der Waals surface area (Å²) < 4.78 is 13.2. The molecule has 0 radical (unpaired) electrons. The van der Waals surface area contributed by atoms with Crippen molar-refractivity contribution < 1.29 is 9.18 Å². The topological polar surface area (TPSA) is 72.0 Å². The fourth-order valence-electron chi connectivity index (χ4n) is 3.74. The van der Waals surface area contributed by atoms with Gasteiger partial charge in [-0.2, -0.15) is 5.10 Å². The molecule has 3 unspecified atom stereocenters. The van der Waals surface area contributed by atoms with Gasteiger partial charge in [0.25, 0.3) is 0 Å². The number of halogens is 1. The van der Waals surface area contributed by atoms with Crippen molar-refractivity contribution in [3.05, 3.63) is 48.0 Å². The van der Waals surface area contributed by atoms with Crippen LogP contribution >= 0.6 is 11.8 Å². The van der Waals surface area contributed by atoms with Gasteiger partial charge in [0, 0.05) is 18.9 Å². The summed E-state index contributed by atoms with van der Waals surface area (Å²) in [5.41, 5.74) is 7.75. The predicted molar refractivity (Wildman–Crippen MR) is 113 cm³/mol. The van der Waals surface area contributed by atoms with Gasteiger partial charge < -0.3 is 15.2 Å². The third kappa shape index (κ3) is 4.51. The summed E-state index contributed by atoms with van der Waals surface area (Å²) in [4.78, 5) is 14.1. The van der Waals surface area contributed by atoms with Gasteiger partial charge in [-0.25, -0.2) is 9.82 Å². The predicted octanol–water partition coefficient (Wildman–Crippen LogP) is 2.33. The van der Waals surface area contributed by atoms with Crippen LogP contribution in [0, 0.1) is 11.7 Å². The lowest BCUT2D eigenvalue weighted by molar-refractivity contribution is -0.118. The van der Waals surface area contributed by atoms with E-state index in [-0.39, 0.29) is 30.0 Å². The van der Waals surface area contributed by atoms with E-state index in [1.807, 2.05) is 24.5 Å². The van der Waals surface area contributed by atoms with Crippen LogP contribution in [0.2, 0.25) is 0 Å². The maximum absolute atomic E-state index is 13.2. The third-order valence-electron chi connectivity index (χ3n) is 5.35. The summed E-state index contributed by atoms with van der Waals surface area (Å²) >= 11 is 1.44. The standard InChI is InChI=1S/C20H27FN6OS/c1-13(2)7-8-22-18(28)12-29-20-24-23-19-17-11-16(14-3-5-15(21)6-4-14)25-27(17)10-9-26(19)20/h3-6,9-10,13,16-17,19,23,25H,7-8,11-12H2,1-2H3,(H,22,28). The van der Waals surface area contributed by atoms with Crippen molar-refractivity contribution >= 4 is 22.8 Å². The molecule has 1 fully saturated rings. The summed E-state index contributed by atoms with van der Waals surface area (Å²) in [5.74, 6) is 0.729. The Morgan fingerprint density at radius 1 is 1.34 bits per heavy atom. The van der Waals surface area contributed by atoms with Crippen LogP contribution in [0.15, 0.2) is 41.8 Å². The SMILES string of the molecule is CC(C)CCNC(=O)CSC1=NNC2C3CC(c4ccc(F)cc4)NN3C=CN12. The average Bonchev–Trinajstić information content (AvgIpc) is 3.30. The van der Waals surface area contributed by atoms with Gasteiger partial charge in [-0.1, -0.05) is 37.7 Å². The van der Waals surface area contributed by atoms with Gasteiger partial charge in [-0.05, 0) is 36.5 Å². The Hall–Kier alpha value is -2.26. The first-order valence-electron chi connectivity index (χ1n) is 10.0. The molecule has 156 valence electrons. The molecule has 0 spiro atoms. The smallest absolute Gasteiger partial charge is 0.230 e. The first kappa shape index (κ1) is 20.0. The minimum atomic E-state index is -0.226. The van der Waals surface area contributed by atoms with Crippen LogP contribution in [0.3, 0.4) is 0 Å². The summed E-state index contributed by atoms with van der Waals surface area (Å²) in [6.07, 6.45) is 5.83. The van der Waals surface area contributed by atoms with E-state index in [0.29, 0.717) is 18.2 Å². The van der Waals surface area contributed by atoms with Gasteiger partial charge in [0.2, 0.25) is 5.91 Å². The van der Waals surface area contributed by atoms with Crippen LogP contribution < -0.4 is 16.2 Å². The second-order valence-electron chi connectivity index (χ2n) is 7.94. The van der Waals surface area contributed by atoms with Crippen molar-refractivity contribution in [3.8, 4) is 0 Å². The Morgan fingerprint density at radius 2 is 2.14 bits per heavy atom. The molecule has 29 heavy (non-hydrogen) atoms. The Labute approximate surface area is 174 Å². The quantitative estimate of drug-likeness (QED) is 0.659. The third-order valence-corrected chi connectivity index (χ3v) is 6.32. The first-order valence-corrected chi connectivity index (χ1v) is 11.0. The van der Waals surface area contributed by atoms with Crippen LogP contribution in [0.25, 0.3) is 0 Å². The fourth-order valence-corrected chi connectivity index (χ4v) is 4.55. The van der Waals surface area contributed by atoms with Crippen LogP contribution in [0.4, 0.5) is 4.39 Å². The molecule has 7 nitrogen and oxygen atoms in total.